The van der Waals surface area contributed by atoms with Crippen LogP contribution in [0.3, 0.4) is 0 Å². The minimum Gasteiger partial charge on any atom is -0.367 e. The van der Waals surface area contributed by atoms with Crippen molar-refractivity contribution in [1.82, 2.24) is 25.3 Å². The molecule has 0 atom stereocenters. The molecular formula is C18H18F2N6OS. The lowest BCUT2D eigenvalue weighted by atomic mass is 10.2. The molecule has 2 heterocycles. The van der Waals surface area contributed by atoms with E-state index in [2.05, 4.69) is 25.9 Å². The molecule has 0 unspecified atom stereocenters. The van der Waals surface area contributed by atoms with Gasteiger partial charge in [-0.15, -0.1) is 10.2 Å². The number of nitrogens with one attached hydrogen (secondary N) is 2. The van der Waals surface area contributed by atoms with Crippen molar-refractivity contribution >= 4 is 23.5 Å². The Kier molecular flexibility index (Phi) is 6.53. The number of benzene rings is 1. The Balaban J connectivity index is 1.49. The van der Waals surface area contributed by atoms with Crippen molar-refractivity contribution in [3.05, 3.63) is 59.9 Å². The highest BCUT2D eigenvalue weighted by atomic mass is 32.2. The van der Waals surface area contributed by atoms with E-state index < -0.39 is 11.7 Å². The number of halogens is 2. The molecule has 10 heteroatoms. The van der Waals surface area contributed by atoms with E-state index in [1.807, 2.05) is 13.0 Å². The largest absolute Gasteiger partial charge is 0.367 e. The molecule has 2 aromatic heterocycles. The highest BCUT2D eigenvalue weighted by Gasteiger charge is 2.14. The number of anilines is 1. The van der Waals surface area contributed by atoms with Crippen LogP contribution in [0.1, 0.15) is 16.1 Å². The fraction of sp³-hybridized carbons (Fsp3) is 0.222. The van der Waals surface area contributed by atoms with E-state index in [1.54, 1.807) is 35.1 Å². The number of aryl methyl sites for hydroxylation is 1. The predicted octanol–water partition coefficient (Wildman–Crippen LogP) is 3.13. The van der Waals surface area contributed by atoms with Crippen LogP contribution in [0.25, 0.3) is 5.82 Å². The highest BCUT2D eigenvalue weighted by molar-refractivity contribution is 7.99. The number of rotatable bonds is 8. The van der Waals surface area contributed by atoms with Gasteiger partial charge in [0.25, 0.3) is 11.7 Å². The Morgan fingerprint density at radius 2 is 1.96 bits per heavy atom. The first-order valence-corrected chi connectivity index (χ1v) is 9.33. The molecule has 0 bridgehead atoms. The third-order valence-electron chi connectivity index (χ3n) is 3.67. The normalized spacial score (nSPS) is 10.9. The third kappa shape index (κ3) is 5.26. The van der Waals surface area contributed by atoms with Crippen LogP contribution in [-0.4, -0.2) is 44.7 Å². The van der Waals surface area contributed by atoms with E-state index in [9.17, 15) is 13.6 Å². The Morgan fingerprint density at radius 3 is 2.64 bits per heavy atom. The summed E-state index contributed by atoms with van der Waals surface area (Å²) < 4.78 is 26.8. The number of nitrogens with zero attached hydrogens (tertiary/aromatic N) is 4. The van der Waals surface area contributed by atoms with Gasteiger partial charge in [-0.3, -0.25) is 4.79 Å². The van der Waals surface area contributed by atoms with Gasteiger partial charge in [-0.1, -0.05) is 23.9 Å². The number of alkyl halides is 2. The summed E-state index contributed by atoms with van der Waals surface area (Å²) in [4.78, 5) is 12.5. The van der Waals surface area contributed by atoms with Crippen LogP contribution in [0.15, 0.2) is 53.6 Å². The van der Waals surface area contributed by atoms with E-state index in [4.69, 9.17) is 0 Å². The molecule has 0 aliphatic heterocycles. The fourth-order valence-corrected chi connectivity index (χ4v) is 3.04. The van der Waals surface area contributed by atoms with Crippen LogP contribution in [0, 0.1) is 6.92 Å². The molecule has 0 aliphatic carbocycles. The molecule has 0 radical (unpaired) electrons. The predicted molar refractivity (Wildman–Crippen MR) is 103 cm³/mol. The van der Waals surface area contributed by atoms with Crippen LogP contribution in [0.2, 0.25) is 0 Å². The van der Waals surface area contributed by atoms with E-state index in [1.165, 1.54) is 12.1 Å². The van der Waals surface area contributed by atoms with Crippen LogP contribution in [0.4, 0.5) is 14.6 Å². The summed E-state index contributed by atoms with van der Waals surface area (Å²) in [7, 11) is 0. The minimum atomic E-state index is -2.58. The average Bonchev–Trinajstić information content (AvgIpc) is 3.12. The average molecular weight is 404 g/mol. The van der Waals surface area contributed by atoms with Crippen molar-refractivity contribution in [2.24, 2.45) is 0 Å². The Morgan fingerprint density at radius 1 is 1.14 bits per heavy atom. The molecule has 28 heavy (non-hydrogen) atoms. The van der Waals surface area contributed by atoms with E-state index in [-0.39, 0.29) is 10.5 Å². The monoisotopic (exact) mass is 404 g/mol. The first-order chi connectivity index (χ1) is 13.5. The molecular weight excluding hydrogens is 386 g/mol. The second-order valence-electron chi connectivity index (χ2n) is 5.74. The summed E-state index contributed by atoms with van der Waals surface area (Å²) in [5.74, 6) is -1.83. The minimum absolute atomic E-state index is 0.228. The quantitative estimate of drug-likeness (QED) is 0.443. The molecule has 0 aliphatic rings. The van der Waals surface area contributed by atoms with Gasteiger partial charge in [-0.05, 0) is 37.3 Å². The molecule has 0 saturated carbocycles. The molecule has 1 aromatic carbocycles. The van der Waals surface area contributed by atoms with Gasteiger partial charge in [-0.2, -0.15) is 13.9 Å². The Labute approximate surface area is 164 Å². The molecule has 1 amide bonds. The molecule has 3 rings (SSSR count). The van der Waals surface area contributed by atoms with Crippen molar-refractivity contribution < 1.29 is 13.6 Å². The smallest absolute Gasteiger partial charge is 0.288 e. The first-order valence-electron chi connectivity index (χ1n) is 8.45. The number of aromatic nitrogens is 4. The van der Waals surface area contributed by atoms with Gasteiger partial charge in [0.2, 0.25) is 0 Å². The fourth-order valence-electron chi connectivity index (χ4n) is 2.40. The van der Waals surface area contributed by atoms with Gasteiger partial charge in [0, 0.05) is 24.2 Å². The van der Waals surface area contributed by atoms with Crippen molar-refractivity contribution in [3.8, 4) is 5.82 Å². The second kappa shape index (κ2) is 9.27. The Hall–Kier alpha value is -3.01. The highest BCUT2D eigenvalue weighted by Crippen LogP contribution is 2.28. The number of hydrogen-bond donors (Lipinski definition) is 2. The molecule has 0 saturated heterocycles. The number of carbonyl (C=O) groups excluding carboxylic acids is 1. The molecule has 7 nitrogen and oxygen atoms in total. The third-order valence-corrected chi connectivity index (χ3v) is 4.46. The summed E-state index contributed by atoms with van der Waals surface area (Å²) >= 11 is 0.355. The van der Waals surface area contributed by atoms with Gasteiger partial charge in [-0.25, -0.2) is 4.68 Å². The van der Waals surface area contributed by atoms with E-state index in [0.29, 0.717) is 36.5 Å². The maximum atomic E-state index is 12.6. The number of carbonyl (C=O) groups is 1. The number of hydrogen-bond acceptors (Lipinski definition) is 6. The topological polar surface area (TPSA) is 84.7 Å². The van der Waals surface area contributed by atoms with Gasteiger partial charge >= 0.3 is 0 Å². The van der Waals surface area contributed by atoms with Crippen LogP contribution < -0.4 is 10.6 Å². The lowest BCUT2D eigenvalue weighted by molar-refractivity contribution is 0.0952. The zero-order valence-electron chi connectivity index (χ0n) is 15.0. The number of thioether (sulfide) groups is 1. The first kappa shape index (κ1) is 19.7. The van der Waals surface area contributed by atoms with E-state index >= 15 is 0 Å². The SMILES string of the molecule is Cc1ccn(-c2ccc(NCCNC(=O)c3ccccc3SC(F)F)nn2)n1. The zero-order chi connectivity index (χ0) is 19.9. The van der Waals surface area contributed by atoms with Crippen molar-refractivity contribution in [1.29, 1.82) is 0 Å². The second-order valence-corrected chi connectivity index (χ2v) is 6.77. The lowest BCUT2D eigenvalue weighted by Gasteiger charge is -2.10. The van der Waals surface area contributed by atoms with Crippen LogP contribution >= 0.6 is 11.8 Å². The van der Waals surface area contributed by atoms with Crippen LogP contribution in [0.5, 0.6) is 0 Å². The molecule has 0 fully saturated rings. The van der Waals surface area contributed by atoms with Crippen molar-refractivity contribution in [3.63, 3.8) is 0 Å². The van der Waals surface area contributed by atoms with Gasteiger partial charge in [0.15, 0.2) is 5.82 Å². The molecule has 0 spiro atoms. The Bertz CT molecular complexity index is 932. The van der Waals surface area contributed by atoms with Crippen molar-refractivity contribution in [2.75, 3.05) is 18.4 Å². The van der Waals surface area contributed by atoms with Gasteiger partial charge in [0.1, 0.15) is 5.82 Å². The molecule has 3 aromatic rings. The summed E-state index contributed by atoms with van der Waals surface area (Å²) in [6.07, 6.45) is 1.80. The maximum Gasteiger partial charge on any atom is 0.288 e. The van der Waals surface area contributed by atoms with Crippen LogP contribution in [-0.2, 0) is 0 Å². The number of amides is 1. The zero-order valence-corrected chi connectivity index (χ0v) is 15.8. The lowest BCUT2D eigenvalue weighted by Crippen LogP contribution is -2.29. The van der Waals surface area contributed by atoms with Gasteiger partial charge < -0.3 is 10.6 Å². The van der Waals surface area contributed by atoms with Crippen molar-refractivity contribution in [2.45, 2.75) is 17.6 Å². The summed E-state index contributed by atoms with van der Waals surface area (Å²) in [6, 6.07) is 11.7. The molecule has 2 N–H and O–H groups in total. The maximum absolute atomic E-state index is 12.6. The summed E-state index contributed by atoms with van der Waals surface area (Å²) in [5, 5.41) is 18.2. The standard InChI is InChI=1S/C18H18F2N6OS/c1-12-8-11-26(25-12)16-7-6-15(23-24-16)21-9-10-22-17(27)13-4-2-3-5-14(13)28-18(19)20/h2-8,11,18H,9-10H2,1H3,(H,21,23)(H,22,27). The van der Waals surface area contributed by atoms with Gasteiger partial charge in [0.05, 0.1) is 11.3 Å². The summed E-state index contributed by atoms with van der Waals surface area (Å²) in [6.45, 7) is 2.60. The summed E-state index contributed by atoms with van der Waals surface area (Å²) in [5.41, 5.74) is 1.11. The van der Waals surface area contributed by atoms with E-state index in [0.717, 1.165) is 5.69 Å². The molecule has 146 valence electrons.